The number of aliphatic hydroxyl groups is 1. The first kappa shape index (κ1) is 22.4. The maximum Gasteiger partial charge on any atom is 0.268 e. The first-order valence-corrected chi connectivity index (χ1v) is 11.6. The molecule has 180 valence electrons. The Balaban J connectivity index is 1.40. The molecule has 2 aliphatic heterocycles. The number of nitrogens with zero attached hydrogens (tertiary/aromatic N) is 3. The summed E-state index contributed by atoms with van der Waals surface area (Å²) in [5, 5.41) is 15.6. The zero-order valence-corrected chi connectivity index (χ0v) is 19.4. The highest BCUT2D eigenvalue weighted by Crippen LogP contribution is 2.38. The molecule has 1 aromatic carbocycles. The van der Waals surface area contributed by atoms with Gasteiger partial charge in [0.2, 0.25) is 5.95 Å². The van der Waals surface area contributed by atoms with Crippen molar-refractivity contribution < 1.29 is 19.1 Å². The van der Waals surface area contributed by atoms with Crippen LogP contribution in [0.15, 0.2) is 34.9 Å². The molecule has 0 saturated carbocycles. The minimum absolute atomic E-state index is 0.0359. The Morgan fingerprint density at radius 3 is 2.76 bits per heavy atom. The molecule has 10 heteroatoms. The van der Waals surface area contributed by atoms with Gasteiger partial charge in [0, 0.05) is 31.5 Å². The number of aromatic nitrogens is 2. The second-order valence-corrected chi connectivity index (χ2v) is 9.57. The van der Waals surface area contributed by atoms with Gasteiger partial charge in [-0.25, -0.2) is 4.98 Å². The first-order valence-electron chi connectivity index (χ1n) is 11.6. The van der Waals surface area contributed by atoms with Crippen LogP contribution in [0.4, 0.5) is 23.1 Å². The van der Waals surface area contributed by atoms with Gasteiger partial charge in [-0.1, -0.05) is 0 Å². The summed E-state index contributed by atoms with van der Waals surface area (Å²) in [6.07, 6.45) is 4.07. The molecule has 0 spiro atoms. The van der Waals surface area contributed by atoms with Crippen LogP contribution in [0.25, 0.3) is 11.1 Å². The standard InChI is InChI=1S/C24H30N6O4/c1-23(2)21(32)27-17-13-15(3-4-18(17)34-23)26-22-28-16-5-12-33-19(16)20(29-22)30-9-6-24(14-25,7-10-30)8-11-31/h3-5,12-13,31H,6-11,14,25H2,1-2H3,(H,27,32)(H,26,28,29). The van der Waals surface area contributed by atoms with Crippen molar-refractivity contribution >= 4 is 40.1 Å². The van der Waals surface area contributed by atoms with Crippen molar-refractivity contribution in [1.82, 2.24) is 9.97 Å². The number of rotatable bonds is 6. The van der Waals surface area contributed by atoms with Crippen LogP contribution in [0.1, 0.15) is 33.1 Å². The predicted molar refractivity (Wildman–Crippen MR) is 130 cm³/mol. The fraction of sp³-hybridized carbons (Fsp3) is 0.458. The van der Waals surface area contributed by atoms with Gasteiger partial charge < -0.3 is 35.5 Å². The summed E-state index contributed by atoms with van der Waals surface area (Å²) in [5.74, 6) is 1.57. The van der Waals surface area contributed by atoms with E-state index in [0.717, 1.165) is 37.4 Å². The van der Waals surface area contributed by atoms with Crippen LogP contribution >= 0.6 is 0 Å². The molecule has 2 aliphatic rings. The summed E-state index contributed by atoms with van der Waals surface area (Å²) in [6.45, 7) is 5.70. The number of ether oxygens (including phenoxy) is 1. The average molecular weight is 467 g/mol. The minimum Gasteiger partial charge on any atom is -0.476 e. The van der Waals surface area contributed by atoms with Gasteiger partial charge in [0.25, 0.3) is 5.91 Å². The number of aliphatic hydroxyl groups excluding tert-OH is 1. The van der Waals surface area contributed by atoms with Crippen LogP contribution in [0.5, 0.6) is 5.75 Å². The lowest BCUT2D eigenvalue weighted by Crippen LogP contribution is -2.45. The molecule has 1 fully saturated rings. The van der Waals surface area contributed by atoms with Gasteiger partial charge in [-0.05, 0) is 63.3 Å². The lowest BCUT2D eigenvalue weighted by Gasteiger charge is -2.41. The van der Waals surface area contributed by atoms with E-state index >= 15 is 0 Å². The first-order chi connectivity index (χ1) is 16.3. The van der Waals surface area contributed by atoms with Crippen molar-refractivity contribution in [3.8, 4) is 5.75 Å². The van der Waals surface area contributed by atoms with E-state index in [1.165, 1.54) is 0 Å². The molecule has 0 atom stereocenters. The van der Waals surface area contributed by atoms with Crippen molar-refractivity contribution in [1.29, 1.82) is 0 Å². The average Bonchev–Trinajstić information content (AvgIpc) is 3.29. The number of anilines is 4. The van der Waals surface area contributed by atoms with Crippen LogP contribution in [0.3, 0.4) is 0 Å². The maximum absolute atomic E-state index is 12.3. The van der Waals surface area contributed by atoms with E-state index in [1.54, 1.807) is 26.2 Å². The number of nitrogens with one attached hydrogen (secondary N) is 2. The third-order valence-corrected chi connectivity index (χ3v) is 6.88. The molecule has 1 amide bonds. The van der Waals surface area contributed by atoms with Gasteiger partial charge in [-0.3, -0.25) is 4.79 Å². The Kier molecular flexibility index (Phi) is 5.57. The monoisotopic (exact) mass is 466 g/mol. The Hall–Kier alpha value is -3.37. The molecule has 3 aromatic rings. The van der Waals surface area contributed by atoms with Crippen LogP contribution in [-0.2, 0) is 4.79 Å². The molecular weight excluding hydrogens is 436 g/mol. The molecule has 0 aliphatic carbocycles. The van der Waals surface area contributed by atoms with E-state index < -0.39 is 5.60 Å². The smallest absolute Gasteiger partial charge is 0.268 e. The summed E-state index contributed by atoms with van der Waals surface area (Å²) < 4.78 is 11.5. The molecule has 1 saturated heterocycles. The minimum atomic E-state index is -0.917. The van der Waals surface area contributed by atoms with Crippen LogP contribution < -0.4 is 26.0 Å². The van der Waals surface area contributed by atoms with Gasteiger partial charge in [-0.2, -0.15) is 4.98 Å². The van der Waals surface area contributed by atoms with E-state index in [4.69, 9.17) is 19.9 Å². The lowest BCUT2D eigenvalue weighted by molar-refractivity contribution is -0.129. The third-order valence-electron chi connectivity index (χ3n) is 6.88. The van der Waals surface area contributed by atoms with Gasteiger partial charge in [0.1, 0.15) is 11.3 Å². The van der Waals surface area contributed by atoms with Crippen molar-refractivity contribution in [2.45, 2.75) is 38.7 Å². The fourth-order valence-corrected chi connectivity index (χ4v) is 4.62. The third kappa shape index (κ3) is 4.03. The van der Waals surface area contributed by atoms with E-state index in [9.17, 15) is 9.90 Å². The number of carbonyl (C=O) groups excluding carboxylic acids is 1. The second kappa shape index (κ2) is 8.44. The highest BCUT2D eigenvalue weighted by Gasteiger charge is 2.36. The number of furan rings is 1. The topological polar surface area (TPSA) is 139 Å². The lowest BCUT2D eigenvalue weighted by atomic mass is 9.76. The van der Waals surface area contributed by atoms with Crippen LogP contribution in [0.2, 0.25) is 0 Å². The summed E-state index contributed by atoms with van der Waals surface area (Å²) in [5.41, 5.74) is 7.75. The molecule has 10 nitrogen and oxygen atoms in total. The van der Waals surface area contributed by atoms with Crippen molar-refractivity contribution in [2.75, 3.05) is 41.8 Å². The largest absolute Gasteiger partial charge is 0.476 e. The van der Waals surface area contributed by atoms with Gasteiger partial charge in [0.15, 0.2) is 17.0 Å². The Morgan fingerprint density at radius 2 is 2.03 bits per heavy atom. The molecule has 0 bridgehead atoms. The molecular formula is C24H30N6O4. The number of nitrogens with two attached hydrogens (primary N) is 1. The zero-order valence-electron chi connectivity index (χ0n) is 19.4. The van der Waals surface area contributed by atoms with E-state index in [0.29, 0.717) is 41.5 Å². The quantitative estimate of drug-likeness (QED) is 0.432. The zero-order chi connectivity index (χ0) is 23.9. The Bertz CT molecular complexity index is 1220. The number of fused-ring (bicyclic) bond motifs is 2. The maximum atomic E-state index is 12.3. The summed E-state index contributed by atoms with van der Waals surface area (Å²) in [6, 6.07) is 7.29. The van der Waals surface area contributed by atoms with Crippen molar-refractivity contribution in [3.05, 3.63) is 30.5 Å². The van der Waals surface area contributed by atoms with Crippen LogP contribution in [-0.4, -0.2) is 52.8 Å². The molecule has 34 heavy (non-hydrogen) atoms. The number of hydrogen-bond acceptors (Lipinski definition) is 9. The number of benzene rings is 1. The number of hydrogen-bond donors (Lipinski definition) is 4. The molecule has 0 radical (unpaired) electrons. The highest BCUT2D eigenvalue weighted by molar-refractivity contribution is 6.00. The predicted octanol–water partition coefficient (Wildman–Crippen LogP) is 3.00. The molecule has 5 rings (SSSR count). The molecule has 0 unspecified atom stereocenters. The van der Waals surface area contributed by atoms with E-state index in [-0.39, 0.29) is 17.9 Å². The van der Waals surface area contributed by atoms with Gasteiger partial charge >= 0.3 is 0 Å². The van der Waals surface area contributed by atoms with Crippen molar-refractivity contribution in [3.63, 3.8) is 0 Å². The molecule has 5 N–H and O–H groups in total. The summed E-state index contributed by atoms with van der Waals surface area (Å²) >= 11 is 0. The van der Waals surface area contributed by atoms with E-state index in [1.807, 2.05) is 18.2 Å². The van der Waals surface area contributed by atoms with Crippen molar-refractivity contribution in [2.24, 2.45) is 11.1 Å². The SMILES string of the molecule is CC1(C)Oc2ccc(Nc3nc(N4CCC(CN)(CCO)CC4)c4occc4n3)cc2NC1=O. The van der Waals surface area contributed by atoms with E-state index in [2.05, 4.69) is 20.5 Å². The number of amides is 1. The molecule has 2 aromatic heterocycles. The Labute approximate surface area is 197 Å². The van der Waals surface area contributed by atoms with Gasteiger partial charge in [-0.15, -0.1) is 0 Å². The van der Waals surface area contributed by atoms with Gasteiger partial charge in [0.05, 0.1) is 12.0 Å². The summed E-state index contributed by atoms with van der Waals surface area (Å²) in [7, 11) is 0. The normalized spacial score (nSPS) is 18.8. The fourth-order valence-electron chi connectivity index (χ4n) is 4.62. The number of piperidine rings is 1. The van der Waals surface area contributed by atoms with Crippen LogP contribution in [0, 0.1) is 5.41 Å². The summed E-state index contributed by atoms with van der Waals surface area (Å²) in [4.78, 5) is 23.8. The Morgan fingerprint density at radius 1 is 1.24 bits per heavy atom. The highest BCUT2D eigenvalue weighted by atomic mass is 16.5. The second-order valence-electron chi connectivity index (χ2n) is 9.57. The number of carbonyl (C=O) groups is 1. The molecule has 4 heterocycles.